The van der Waals surface area contributed by atoms with Crippen LogP contribution < -0.4 is 9.47 Å². The predicted molar refractivity (Wildman–Crippen MR) is 122 cm³/mol. The lowest BCUT2D eigenvalue weighted by molar-refractivity contribution is 0.266. The molecule has 3 aromatic rings. The number of hydrogen-bond donors (Lipinski definition) is 0. The van der Waals surface area contributed by atoms with E-state index < -0.39 is 10.0 Å². The minimum absolute atomic E-state index is 0.317. The van der Waals surface area contributed by atoms with Gasteiger partial charge in [0.25, 0.3) is 0 Å². The van der Waals surface area contributed by atoms with E-state index in [0.717, 1.165) is 17.1 Å². The first-order valence-electron chi connectivity index (χ1n) is 10.4. The Morgan fingerprint density at radius 1 is 0.875 bits per heavy atom. The zero-order valence-corrected chi connectivity index (χ0v) is 18.5. The first-order chi connectivity index (χ1) is 15.6. The third-order valence-electron chi connectivity index (χ3n) is 5.66. The van der Waals surface area contributed by atoms with Gasteiger partial charge in [0.2, 0.25) is 10.0 Å². The molecule has 0 unspecified atom stereocenters. The van der Waals surface area contributed by atoms with Gasteiger partial charge in [0.15, 0.2) is 5.75 Å². The molecule has 8 heteroatoms. The van der Waals surface area contributed by atoms with Crippen molar-refractivity contribution in [1.29, 1.82) is 0 Å². The Kier molecular flexibility index (Phi) is 5.32. The molecule has 32 heavy (non-hydrogen) atoms. The first-order valence-corrected chi connectivity index (χ1v) is 11.8. The number of amidine groups is 1. The molecule has 0 aromatic heterocycles. The monoisotopic (exact) mass is 449 g/mol. The maximum Gasteiger partial charge on any atom is 0.243 e. The lowest BCUT2D eigenvalue weighted by Crippen LogP contribution is -2.50. The van der Waals surface area contributed by atoms with Gasteiger partial charge in [0, 0.05) is 26.2 Å². The van der Waals surface area contributed by atoms with Crippen molar-refractivity contribution in [3.63, 3.8) is 0 Å². The number of sulfonamides is 1. The number of fused-ring (bicyclic) bond motifs is 2. The fraction of sp³-hybridized carbons (Fsp3) is 0.208. The fourth-order valence-electron chi connectivity index (χ4n) is 3.95. The topological polar surface area (TPSA) is 71.4 Å². The molecule has 0 amide bonds. The maximum absolute atomic E-state index is 13.0. The van der Waals surface area contributed by atoms with Crippen molar-refractivity contribution in [2.45, 2.75) is 4.90 Å². The molecule has 0 bridgehead atoms. The van der Waals surface area contributed by atoms with E-state index >= 15 is 0 Å². The van der Waals surface area contributed by atoms with Crippen LogP contribution in [0.15, 0.2) is 82.7 Å². The standard InChI is InChI=1S/C24H23N3O4S/c1-30-18-11-12-22-20(17-18)24(25-21-9-5-6-10-23(21)31-22)26-13-15-27(16-14-26)32(28,29)19-7-3-2-4-8-19/h2-12,17H,13-16H2,1H3. The SMILES string of the molecule is COc1ccc2c(c1)C(N1CCN(S(=O)(=O)c3ccccc3)CC1)=Nc1ccccc1O2. The van der Waals surface area contributed by atoms with Gasteiger partial charge in [-0.25, -0.2) is 13.4 Å². The second kappa shape index (κ2) is 8.29. The highest BCUT2D eigenvalue weighted by atomic mass is 32.2. The lowest BCUT2D eigenvalue weighted by atomic mass is 10.1. The van der Waals surface area contributed by atoms with E-state index in [4.69, 9.17) is 14.5 Å². The number of rotatable bonds is 3. The van der Waals surface area contributed by atoms with Gasteiger partial charge in [-0.2, -0.15) is 4.31 Å². The van der Waals surface area contributed by atoms with E-state index in [1.807, 2.05) is 48.5 Å². The van der Waals surface area contributed by atoms with Crippen LogP contribution in [0.3, 0.4) is 0 Å². The number of ether oxygens (including phenoxy) is 2. The van der Waals surface area contributed by atoms with Gasteiger partial charge >= 0.3 is 0 Å². The third kappa shape index (κ3) is 3.72. The highest BCUT2D eigenvalue weighted by molar-refractivity contribution is 7.89. The molecule has 2 aliphatic rings. The molecule has 3 aromatic carbocycles. The highest BCUT2D eigenvalue weighted by Gasteiger charge is 2.31. The zero-order valence-electron chi connectivity index (χ0n) is 17.6. The number of nitrogens with zero attached hydrogens (tertiary/aromatic N) is 3. The number of methoxy groups -OCH3 is 1. The minimum Gasteiger partial charge on any atom is -0.497 e. The van der Waals surface area contributed by atoms with Crippen LogP contribution in [0.25, 0.3) is 0 Å². The van der Waals surface area contributed by atoms with Crippen LogP contribution in [0.5, 0.6) is 17.2 Å². The molecule has 0 radical (unpaired) electrons. The van der Waals surface area contributed by atoms with Crippen LogP contribution in [-0.2, 0) is 10.0 Å². The largest absolute Gasteiger partial charge is 0.497 e. The molecule has 0 saturated carbocycles. The smallest absolute Gasteiger partial charge is 0.243 e. The second-order valence-corrected chi connectivity index (χ2v) is 9.51. The van der Waals surface area contributed by atoms with E-state index in [-0.39, 0.29) is 0 Å². The Labute approximate surface area is 187 Å². The van der Waals surface area contributed by atoms with Gasteiger partial charge in [-0.1, -0.05) is 30.3 Å². The third-order valence-corrected chi connectivity index (χ3v) is 7.57. The predicted octanol–water partition coefficient (Wildman–Crippen LogP) is 3.89. The molecule has 0 N–H and O–H groups in total. The summed E-state index contributed by atoms with van der Waals surface area (Å²) in [7, 11) is -1.90. The molecule has 164 valence electrons. The molecule has 0 atom stereocenters. The van der Waals surface area contributed by atoms with Crippen LogP contribution in [0.1, 0.15) is 5.56 Å². The van der Waals surface area contributed by atoms with Crippen LogP contribution >= 0.6 is 0 Å². The molecule has 0 spiro atoms. The highest BCUT2D eigenvalue weighted by Crippen LogP contribution is 2.39. The summed E-state index contributed by atoms with van der Waals surface area (Å²) in [6, 6.07) is 21.8. The van der Waals surface area contributed by atoms with Gasteiger partial charge in [0.1, 0.15) is 23.0 Å². The van der Waals surface area contributed by atoms with Crippen molar-refractivity contribution >= 4 is 21.5 Å². The summed E-state index contributed by atoms with van der Waals surface area (Å²) in [5, 5.41) is 0. The normalized spacial score (nSPS) is 16.3. The minimum atomic E-state index is -3.52. The summed E-state index contributed by atoms with van der Waals surface area (Å²) in [4.78, 5) is 7.35. The molecule has 1 fully saturated rings. The molecule has 5 rings (SSSR count). The quantitative estimate of drug-likeness (QED) is 0.607. The number of hydrogen-bond acceptors (Lipinski definition) is 6. The number of piperazine rings is 1. The molecule has 0 aliphatic carbocycles. The van der Waals surface area contributed by atoms with E-state index in [1.165, 1.54) is 4.31 Å². The summed E-state index contributed by atoms with van der Waals surface area (Å²) < 4.78 is 39.1. The summed E-state index contributed by atoms with van der Waals surface area (Å²) in [5.74, 6) is 2.82. The average Bonchev–Trinajstić information content (AvgIpc) is 3.01. The van der Waals surface area contributed by atoms with Crippen LogP contribution in [0.2, 0.25) is 0 Å². The van der Waals surface area contributed by atoms with Crippen molar-refractivity contribution in [3.8, 4) is 17.2 Å². The summed E-state index contributed by atoms with van der Waals surface area (Å²) in [5.41, 5.74) is 1.55. The summed E-state index contributed by atoms with van der Waals surface area (Å²) in [6.07, 6.45) is 0. The van der Waals surface area contributed by atoms with E-state index in [1.54, 1.807) is 31.4 Å². The lowest BCUT2D eigenvalue weighted by Gasteiger charge is -2.36. The van der Waals surface area contributed by atoms with Gasteiger partial charge < -0.3 is 14.4 Å². The zero-order chi connectivity index (χ0) is 22.1. The first kappa shape index (κ1) is 20.5. The van der Waals surface area contributed by atoms with E-state index in [2.05, 4.69) is 4.90 Å². The number of benzene rings is 3. The Hall–Kier alpha value is -3.36. The summed E-state index contributed by atoms with van der Waals surface area (Å²) >= 11 is 0. The Bertz CT molecular complexity index is 1270. The van der Waals surface area contributed by atoms with Gasteiger partial charge in [0.05, 0.1) is 17.6 Å². The van der Waals surface area contributed by atoms with Gasteiger partial charge in [-0.05, 0) is 42.5 Å². The average molecular weight is 450 g/mol. The Morgan fingerprint density at radius 3 is 2.34 bits per heavy atom. The van der Waals surface area contributed by atoms with Crippen LogP contribution in [-0.4, -0.2) is 56.7 Å². The van der Waals surface area contributed by atoms with Gasteiger partial charge in [-0.15, -0.1) is 0 Å². The van der Waals surface area contributed by atoms with Crippen LogP contribution in [0.4, 0.5) is 5.69 Å². The molecule has 1 saturated heterocycles. The summed E-state index contributed by atoms with van der Waals surface area (Å²) in [6.45, 7) is 1.78. The molecular weight excluding hydrogens is 426 g/mol. The molecular formula is C24H23N3O4S. The van der Waals surface area contributed by atoms with Crippen molar-refractivity contribution in [1.82, 2.24) is 9.21 Å². The fourth-order valence-corrected chi connectivity index (χ4v) is 5.39. The maximum atomic E-state index is 13.0. The molecule has 2 heterocycles. The van der Waals surface area contributed by atoms with E-state index in [0.29, 0.717) is 48.3 Å². The Balaban J connectivity index is 1.47. The van der Waals surface area contributed by atoms with Crippen molar-refractivity contribution in [2.24, 2.45) is 4.99 Å². The number of para-hydroxylation sites is 2. The van der Waals surface area contributed by atoms with Gasteiger partial charge in [-0.3, -0.25) is 0 Å². The van der Waals surface area contributed by atoms with Crippen molar-refractivity contribution in [3.05, 3.63) is 78.4 Å². The molecule has 2 aliphatic heterocycles. The second-order valence-electron chi connectivity index (χ2n) is 7.57. The van der Waals surface area contributed by atoms with Crippen LogP contribution in [0, 0.1) is 0 Å². The molecule has 7 nitrogen and oxygen atoms in total. The van der Waals surface area contributed by atoms with Crippen molar-refractivity contribution < 1.29 is 17.9 Å². The van der Waals surface area contributed by atoms with Crippen molar-refractivity contribution in [2.75, 3.05) is 33.3 Å². The number of aliphatic imine (C=N–C) groups is 1. The van der Waals surface area contributed by atoms with E-state index in [9.17, 15) is 8.42 Å². The Morgan fingerprint density at radius 2 is 1.59 bits per heavy atom.